The van der Waals surface area contributed by atoms with Gasteiger partial charge in [-0.3, -0.25) is 20.0 Å². The second-order valence-corrected chi connectivity index (χ2v) is 12.5. The van der Waals surface area contributed by atoms with Gasteiger partial charge in [-0.2, -0.15) is 0 Å². The molecule has 15 heteroatoms. The Bertz CT molecular complexity index is 1140. The van der Waals surface area contributed by atoms with Crippen molar-refractivity contribution in [1.82, 2.24) is 31.3 Å². The zero-order valence-corrected chi connectivity index (χ0v) is 24.3. The number of hydrazine groups is 1. The highest BCUT2D eigenvalue weighted by molar-refractivity contribution is 6.48. The van der Waals surface area contributed by atoms with Crippen molar-refractivity contribution in [3.63, 3.8) is 0 Å². The van der Waals surface area contributed by atoms with Gasteiger partial charge < -0.3 is 25.3 Å². The number of carbonyl (C=O) groups is 2. The molecule has 0 aromatic carbocycles. The van der Waals surface area contributed by atoms with Gasteiger partial charge in [0.05, 0.1) is 23.8 Å². The molecule has 5 rings (SSSR count). The lowest BCUT2D eigenvalue weighted by molar-refractivity contribution is -0.525. The monoisotopic (exact) mass is 572 g/mol. The van der Waals surface area contributed by atoms with Crippen LogP contribution in [0.4, 0.5) is 0 Å². The molecule has 0 spiro atoms. The van der Waals surface area contributed by atoms with Crippen LogP contribution in [0.1, 0.15) is 77.2 Å². The average molecular weight is 572 g/mol. The molecule has 0 unspecified atom stereocenters. The molecule has 0 radical (unpaired) electrons. The second kappa shape index (κ2) is 12.3. The maximum atomic E-state index is 13.7. The topological polar surface area (TPSA) is 193 Å². The predicted octanol–water partition coefficient (Wildman–Crippen LogP) is 1.46. The van der Waals surface area contributed by atoms with Crippen molar-refractivity contribution in [3.05, 3.63) is 34.4 Å². The SMILES string of the molecule is CC(C)C[C@H](NC(=O)[C@H](CCCNC(=N)N[N+](=O)[O-])NC(=O)c1cnccn1)B1O[C@@H]2C[C@@H]3C[C@@H](C3(C)C)[C@]2(C)O1. The van der Waals surface area contributed by atoms with Gasteiger partial charge in [0, 0.05) is 18.9 Å². The van der Waals surface area contributed by atoms with E-state index < -0.39 is 47.5 Å². The highest BCUT2D eigenvalue weighted by Gasteiger charge is 2.68. The minimum Gasteiger partial charge on any atom is -0.404 e. The zero-order chi connectivity index (χ0) is 29.9. The molecule has 6 atom stereocenters. The Balaban J connectivity index is 1.44. The maximum Gasteiger partial charge on any atom is 0.481 e. The van der Waals surface area contributed by atoms with Crippen molar-refractivity contribution < 1.29 is 23.9 Å². The molecule has 1 aromatic heterocycles. The fourth-order valence-electron chi connectivity index (χ4n) is 6.67. The van der Waals surface area contributed by atoms with Gasteiger partial charge in [0.25, 0.3) is 11.9 Å². The van der Waals surface area contributed by atoms with Gasteiger partial charge in [0.1, 0.15) is 11.7 Å². The third-order valence-corrected chi connectivity index (χ3v) is 8.94. The number of rotatable bonds is 12. The Hall–Kier alpha value is -3.33. The molecule has 224 valence electrons. The summed E-state index contributed by atoms with van der Waals surface area (Å²) in [6, 6.07) is -0.940. The van der Waals surface area contributed by atoms with E-state index in [9.17, 15) is 19.7 Å². The number of nitrogens with zero attached hydrogens (tertiary/aromatic N) is 3. The summed E-state index contributed by atoms with van der Waals surface area (Å²) in [6.45, 7) is 11.0. The summed E-state index contributed by atoms with van der Waals surface area (Å²) in [6.07, 6.45) is 7.33. The van der Waals surface area contributed by atoms with Crippen molar-refractivity contribution in [3.8, 4) is 0 Å². The van der Waals surface area contributed by atoms with Gasteiger partial charge in [-0.05, 0) is 62.2 Å². The molecule has 14 nitrogen and oxygen atoms in total. The summed E-state index contributed by atoms with van der Waals surface area (Å²) in [5, 5.41) is 25.6. The van der Waals surface area contributed by atoms with Crippen LogP contribution >= 0.6 is 0 Å². The minimum atomic E-state index is -0.940. The number of nitro groups is 1. The van der Waals surface area contributed by atoms with Crippen molar-refractivity contribution >= 4 is 24.9 Å². The summed E-state index contributed by atoms with van der Waals surface area (Å²) in [4.78, 5) is 45.0. The molecule has 3 aliphatic carbocycles. The van der Waals surface area contributed by atoms with E-state index in [-0.39, 0.29) is 36.1 Å². The first-order valence-corrected chi connectivity index (χ1v) is 14.2. The van der Waals surface area contributed by atoms with E-state index in [0.717, 1.165) is 12.8 Å². The molecule has 2 bridgehead atoms. The number of amides is 2. The predicted molar refractivity (Wildman–Crippen MR) is 150 cm³/mol. The van der Waals surface area contributed by atoms with Crippen molar-refractivity contribution in [2.45, 2.75) is 90.4 Å². The smallest absolute Gasteiger partial charge is 0.404 e. The first kappa shape index (κ1) is 30.6. The van der Waals surface area contributed by atoms with Crippen LogP contribution in [0, 0.1) is 38.7 Å². The van der Waals surface area contributed by atoms with E-state index in [1.165, 1.54) is 18.6 Å². The summed E-state index contributed by atoms with van der Waals surface area (Å²) in [5.74, 6) is -0.631. The standard InChI is InChI=1S/C26H41BN8O6/c1-15(2)11-21(27-40-20-13-16-12-19(25(16,3)4)26(20,5)41-27)33-22(36)17(7-6-8-31-24(28)34-35(38)39)32-23(37)18-14-29-9-10-30-18/h9-10,14-17,19-21H,6-8,11-13H2,1-5H3,(H,32,37)(H,33,36)(H3,28,31,34)/t16-,17-,19-,20+,21-,26-/m0/s1. The van der Waals surface area contributed by atoms with Crippen LogP contribution in [0.25, 0.3) is 0 Å². The lowest BCUT2D eigenvalue weighted by Gasteiger charge is -2.64. The summed E-state index contributed by atoms with van der Waals surface area (Å²) < 4.78 is 13.1. The molecular weight excluding hydrogens is 531 g/mol. The Morgan fingerprint density at radius 2 is 2.00 bits per heavy atom. The Kier molecular flexibility index (Phi) is 9.17. The van der Waals surface area contributed by atoms with E-state index >= 15 is 0 Å². The molecule has 4 fully saturated rings. The molecule has 2 heterocycles. The average Bonchev–Trinajstić information content (AvgIpc) is 3.26. The fourth-order valence-corrected chi connectivity index (χ4v) is 6.67. The van der Waals surface area contributed by atoms with Crippen molar-refractivity contribution in [2.24, 2.45) is 23.2 Å². The number of aromatic nitrogens is 2. The normalized spacial score (nSPS) is 27.2. The van der Waals surface area contributed by atoms with Gasteiger partial charge >= 0.3 is 7.12 Å². The van der Waals surface area contributed by atoms with Crippen LogP contribution in [0.5, 0.6) is 0 Å². The summed E-state index contributed by atoms with van der Waals surface area (Å²) in [5.41, 5.74) is 1.56. The Morgan fingerprint density at radius 3 is 2.63 bits per heavy atom. The molecule has 1 aliphatic heterocycles. The Morgan fingerprint density at radius 1 is 1.24 bits per heavy atom. The number of hydrogen-bond donors (Lipinski definition) is 5. The van der Waals surface area contributed by atoms with Gasteiger partial charge in [0.2, 0.25) is 5.91 Å². The van der Waals surface area contributed by atoms with E-state index in [1.54, 1.807) is 5.43 Å². The maximum absolute atomic E-state index is 13.7. The number of hydrogen-bond acceptors (Lipinski definition) is 9. The zero-order valence-electron chi connectivity index (χ0n) is 24.3. The number of carbonyl (C=O) groups excluding carboxylic acids is 2. The molecular formula is C26H41BN8O6. The first-order valence-electron chi connectivity index (χ1n) is 14.2. The van der Waals surface area contributed by atoms with Crippen LogP contribution in [-0.2, 0) is 14.1 Å². The van der Waals surface area contributed by atoms with Crippen LogP contribution in [0.15, 0.2) is 18.6 Å². The Labute approximate surface area is 240 Å². The molecule has 4 aliphatic rings. The lowest BCUT2D eigenvalue weighted by atomic mass is 9.43. The third kappa shape index (κ3) is 6.78. The minimum absolute atomic E-state index is 0.0304. The second-order valence-electron chi connectivity index (χ2n) is 12.5. The molecule has 3 saturated carbocycles. The van der Waals surface area contributed by atoms with E-state index in [2.05, 4.69) is 60.5 Å². The summed E-state index contributed by atoms with van der Waals surface area (Å²) in [7, 11) is -0.613. The first-order chi connectivity index (χ1) is 19.3. The van der Waals surface area contributed by atoms with Gasteiger partial charge in [-0.25, -0.2) is 15.1 Å². The van der Waals surface area contributed by atoms with Gasteiger partial charge in [0.15, 0.2) is 5.03 Å². The van der Waals surface area contributed by atoms with Crippen LogP contribution in [-0.4, -0.2) is 70.1 Å². The largest absolute Gasteiger partial charge is 0.481 e. The van der Waals surface area contributed by atoms with Crippen LogP contribution in [0.2, 0.25) is 0 Å². The van der Waals surface area contributed by atoms with Crippen LogP contribution in [0.3, 0.4) is 0 Å². The molecule has 41 heavy (non-hydrogen) atoms. The fraction of sp³-hybridized carbons (Fsp3) is 0.731. The van der Waals surface area contributed by atoms with Crippen molar-refractivity contribution in [2.75, 3.05) is 6.54 Å². The highest BCUT2D eigenvalue weighted by Crippen LogP contribution is 2.65. The summed E-state index contributed by atoms with van der Waals surface area (Å²) >= 11 is 0. The van der Waals surface area contributed by atoms with Crippen LogP contribution < -0.4 is 21.4 Å². The van der Waals surface area contributed by atoms with Gasteiger partial charge in [-0.15, -0.1) is 0 Å². The lowest BCUT2D eigenvalue weighted by Crippen LogP contribution is -2.65. The molecule has 5 N–H and O–H groups in total. The molecule has 2 amide bonds. The van der Waals surface area contributed by atoms with E-state index in [1.807, 2.05) is 0 Å². The van der Waals surface area contributed by atoms with E-state index in [0.29, 0.717) is 24.7 Å². The van der Waals surface area contributed by atoms with Crippen molar-refractivity contribution in [1.29, 1.82) is 5.41 Å². The molecule has 1 aromatic rings. The number of guanidine groups is 1. The third-order valence-electron chi connectivity index (χ3n) is 8.94. The quantitative estimate of drug-likeness (QED) is 0.0611. The van der Waals surface area contributed by atoms with Gasteiger partial charge in [-0.1, -0.05) is 33.1 Å². The molecule has 1 saturated heterocycles. The highest BCUT2D eigenvalue weighted by atomic mass is 16.7. The number of nitrogens with one attached hydrogen (secondary N) is 5. The van der Waals surface area contributed by atoms with E-state index in [4.69, 9.17) is 14.7 Å².